The Kier molecular flexibility index (Phi) is 7.42. The van der Waals surface area contributed by atoms with Gasteiger partial charge in [-0.1, -0.05) is 6.42 Å². The minimum Gasteiger partial charge on any atom is -0.497 e. The number of methoxy groups -OCH3 is 1. The summed E-state index contributed by atoms with van der Waals surface area (Å²) in [6.07, 6.45) is 8.43. The molecule has 4 rings (SSSR count). The number of rotatable bonds is 8. The smallest absolute Gasteiger partial charge is 0.193 e. The van der Waals surface area contributed by atoms with Gasteiger partial charge in [0, 0.05) is 57.2 Å². The molecule has 36 heavy (non-hydrogen) atoms. The van der Waals surface area contributed by atoms with E-state index in [4.69, 9.17) is 11.2 Å². The number of pyridine rings is 1. The zero-order chi connectivity index (χ0) is 25.5. The van der Waals surface area contributed by atoms with Crippen molar-refractivity contribution in [3.8, 4) is 18.2 Å². The molecule has 0 saturated heterocycles. The summed E-state index contributed by atoms with van der Waals surface area (Å²) in [5.41, 5.74) is 6.56. The van der Waals surface area contributed by atoms with Crippen LogP contribution in [0.2, 0.25) is 0 Å². The van der Waals surface area contributed by atoms with E-state index in [1.165, 1.54) is 0 Å². The van der Waals surface area contributed by atoms with Gasteiger partial charge in [-0.2, -0.15) is 0 Å². The average Bonchev–Trinajstić information content (AvgIpc) is 2.89. The maximum absolute atomic E-state index is 13.0. The first-order chi connectivity index (χ1) is 17.5. The van der Waals surface area contributed by atoms with Crippen LogP contribution in [0.15, 0.2) is 89.6 Å². The van der Waals surface area contributed by atoms with Gasteiger partial charge in [-0.25, -0.2) is 4.99 Å². The number of anilines is 3. The first-order valence-electron chi connectivity index (χ1n) is 11.4. The number of fused-ring (bicyclic) bond motifs is 1. The average molecular weight is 475 g/mol. The number of carbonyl (C=O) groups is 1. The molecule has 0 atom stereocenters. The summed E-state index contributed by atoms with van der Waals surface area (Å²) in [5.74, 6) is 0.721. The van der Waals surface area contributed by atoms with Gasteiger partial charge < -0.3 is 15.4 Å². The monoisotopic (exact) mass is 474 g/mol. The lowest BCUT2D eigenvalue weighted by Gasteiger charge is -2.12. The normalized spacial score (nSPS) is 11.3. The molecule has 2 N–H and O–H groups in total. The standard InChI is InChI=1S/C30H26N4O2/c1-5-31-17-16-20(2)32-24-10-6-22(7-11-24)30(35)23-8-12-25(13-9-23)34-29-18-21(3)33-28-15-14-26(36-4)19-27(28)29/h1,6-19,32H,2-4H3,(H,33,34)/b20-16+,31-17?. The molecule has 0 amide bonds. The van der Waals surface area contributed by atoms with E-state index in [0.717, 1.165) is 45.1 Å². The number of carbonyl (C=O) groups excluding carboxylic acids is 1. The molecule has 0 radical (unpaired) electrons. The van der Waals surface area contributed by atoms with Crippen LogP contribution in [-0.2, 0) is 0 Å². The maximum atomic E-state index is 13.0. The Labute approximate surface area is 210 Å². The number of aliphatic imine (C=N–C) groups is 1. The molecule has 0 aliphatic heterocycles. The Morgan fingerprint density at radius 2 is 1.67 bits per heavy atom. The van der Waals surface area contributed by atoms with Crippen LogP contribution in [0.3, 0.4) is 0 Å². The fourth-order valence-corrected chi connectivity index (χ4v) is 3.76. The van der Waals surface area contributed by atoms with E-state index in [9.17, 15) is 4.79 Å². The highest BCUT2D eigenvalue weighted by molar-refractivity contribution is 6.09. The van der Waals surface area contributed by atoms with Gasteiger partial charge in [0.1, 0.15) is 5.75 Å². The third-order valence-electron chi connectivity index (χ3n) is 5.53. The summed E-state index contributed by atoms with van der Waals surface area (Å²) in [4.78, 5) is 21.3. The topological polar surface area (TPSA) is 75.6 Å². The van der Waals surface area contributed by atoms with Gasteiger partial charge in [-0.3, -0.25) is 9.78 Å². The molecule has 1 heterocycles. The molecule has 6 nitrogen and oxygen atoms in total. The van der Waals surface area contributed by atoms with Crippen molar-refractivity contribution < 1.29 is 9.53 Å². The minimum atomic E-state index is -0.0449. The molecular weight excluding hydrogens is 448 g/mol. The lowest BCUT2D eigenvalue weighted by Crippen LogP contribution is -2.02. The van der Waals surface area contributed by atoms with E-state index in [2.05, 4.69) is 26.7 Å². The summed E-state index contributed by atoms with van der Waals surface area (Å²) in [5, 5.41) is 7.64. The van der Waals surface area contributed by atoms with Crippen molar-refractivity contribution in [1.82, 2.24) is 4.98 Å². The van der Waals surface area contributed by atoms with Crippen molar-refractivity contribution in [2.75, 3.05) is 17.7 Å². The molecule has 0 spiro atoms. The molecule has 0 aliphatic carbocycles. The molecule has 0 aliphatic rings. The lowest BCUT2D eigenvalue weighted by atomic mass is 10.0. The van der Waals surface area contributed by atoms with Crippen LogP contribution in [-0.4, -0.2) is 24.1 Å². The van der Waals surface area contributed by atoms with Crippen molar-refractivity contribution in [2.24, 2.45) is 4.99 Å². The second-order valence-corrected chi connectivity index (χ2v) is 8.19. The van der Waals surface area contributed by atoms with Crippen LogP contribution >= 0.6 is 0 Å². The Balaban J connectivity index is 1.48. The van der Waals surface area contributed by atoms with E-state index in [1.807, 2.05) is 74.5 Å². The fourth-order valence-electron chi connectivity index (χ4n) is 3.76. The van der Waals surface area contributed by atoms with Gasteiger partial charge >= 0.3 is 0 Å². The molecule has 1 aromatic heterocycles. The summed E-state index contributed by atoms with van der Waals surface area (Å²) in [6, 6.07) is 24.8. The van der Waals surface area contributed by atoms with Crippen molar-refractivity contribution >= 4 is 40.0 Å². The number of ketones is 1. The van der Waals surface area contributed by atoms with Gasteiger partial charge in [0.2, 0.25) is 0 Å². The van der Waals surface area contributed by atoms with Crippen LogP contribution in [0.1, 0.15) is 28.5 Å². The molecular formula is C30H26N4O2. The number of hydrogen-bond donors (Lipinski definition) is 2. The van der Waals surface area contributed by atoms with E-state index in [1.54, 1.807) is 31.5 Å². The Morgan fingerprint density at radius 1 is 1.00 bits per heavy atom. The van der Waals surface area contributed by atoms with Crippen molar-refractivity contribution in [3.63, 3.8) is 0 Å². The lowest BCUT2D eigenvalue weighted by molar-refractivity contribution is 0.103. The van der Waals surface area contributed by atoms with Crippen LogP contribution in [0.5, 0.6) is 5.75 Å². The van der Waals surface area contributed by atoms with Crippen LogP contribution in [0.4, 0.5) is 17.1 Å². The minimum absolute atomic E-state index is 0.0449. The molecule has 0 unspecified atom stereocenters. The first kappa shape index (κ1) is 24.2. The fraction of sp³-hybridized carbons (Fsp3) is 0.100. The highest BCUT2D eigenvalue weighted by Gasteiger charge is 2.10. The molecule has 0 fully saturated rings. The van der Waals surface area contributed by atoms with Gasteiger partial charge in [-0.05, 0) is 92.7 Å². The summed E-state index contributed by atoms with van der Waals surface area (Å²) >= 11 is 0. The predicted octanol–water partition coefficient (Wildman–Crippen LogP) is 6.50. The van der Waals surface area contributed by atoms with E-state index in [0.29, 0.717) is 11.1 Å². The molecule has 0 saturated carbocycles. The van der Waals surface area contributed by atoms with E-state index < -0.39 is 0 Å². The van der Waals surface area contributed by atoms with Crippen molar-refractivity contribution in [3.05, 3.63) is 101 Å². The predicted molar refractivity (Wildman–Crippen MR) is 147 cm³/mol. The Bertz CT molecular complexity index is 1500. The zero-order valence-electron chi connectivity index (χ0n) is 20.4. The summed E-state index contributed by atoms with van der Waals surface area (Å²) < 4.78 is 5.38. The van der Waals surface area contributed by atoms with Gasteiger partial charge in [0.15, 0.2) is 5.78 Å². The number of benzene rings is 3. The molecule has 4 aromatic rings. The largest absolute Gasteiger partial charge is 0.497 e. The molecule has 178 valence electrons. The van der Waals surface area contributed by atoms with Crippen molar-refractivity contribution in [1.29, 1.82) is 0 Å². The highest BCUT2D eigenvalue weighted by atomic mass is 16.5. The number of nitrogens with one attached hydrogen (secondary N) is 2. The molecule has 3 aromatic carbocycles. The number of terminal acetylenes is 1. The Morgan fingerprint density at radius 3 is 2.31 bits per heavy atom. The summed E-state index contributed by atoms with van der Waals surface area (Å²) in [7, 11) is 1.64. The zero-order valence-corrected chi connectivity index (χ0v) is 20.4. The highest BCUT2D eigenvalue weighted by Crippen LogP contribution is 2.30. The van der Waals surface area contributed by atoms with Gasteiger partial charge in [0.05, 0.1) is 12.6 Å². The van der Waals surface area contributed by atoms with Crippen LogP contribution in [0, 0.1) is 19.4 Å². The third-order valence-corrected chi connectivity index (χ3v) is 5.53. The second kappa shape index (κ2) is 11.0. The van der Waals surface area contributed by atoms with Crippen molar-refractivity contribution in [2.45, 2.75) is 13.8 Å². The number of aryl methyl sites for hydroxylation is 1. The maximum Gasteiger partial charge on any atom is 0.193 e. The number of hydrogen-bond acceptors (Lipinski definition) is 6. The summed E-state index contributed by atoms with van der Waals surface area (Å²) in [6.45, 7) is 3.87. The second-order valence-electron chi connectivity index (χ2n) is 8.19. The number of ether oxygens (including phenoxy) is 1. The van der Waals surface area contributed by atoms with Crippen LogP contribution < -0.4 is 15.4 Å². The molecule has 0 bridgehead atoms. The van der Waals surface area contributed by atoms with Gasteiger partial charge in [-0.15, -0.1) is 0 Å². The number of aromatic nitrogens is 1. The van der Waals surface area contributed by atoms with E-state index in [-0.39, 0.29) is 5.78 Å². The SMILES string of the molecule is C#CN=C/C=C(\C)Nc1ccc(C(=O)c2ccc(Nc3cc(C)nc4ccc(OC)cc34)cc2)cc1. The Hall–Kier alpha value is -4.89. The number of allylic oxidation sites excluding steroid dienone is 2. The number of nitrogens with zero attached hydrogens (tertiary/aromatic N) is 2. The quantitative estimate of drug-likeness (QED) is 0.173. The first-order valence-corrected chi connectivity index (χ1v) is 11.4. The molecule has 6 heteroatoms. The third kappa shape index (κ3) is 5.78. The van der Waals surface area contributed by atoms with E-state index >= 15 is 0 Å². The van der Waals surface area contributed by atoms with Crippen LogP contribution in [0.25, 0.3) is 10.9 Å². The van der Waals surface area contributed by atoms with Gasteiger partial charge in [0.25, 0.3) is 0 Å².